The highest BCUT2D eigenvalue weighted by Gasteiger charge is 2.21. The maximum atomic E-state index is 12.5. The van der Waals surface area contributed by atoms with Crippen molar-refractivity contribution in [1.82, 2.24) is 4.90 Å². The first-order chi connectivity index (χ1) is 14.4. The van der Waals surface area contributed by atoms with Gasteiger partial charge in [0.25, 0.3) is 0 Å². The van der Waals surface area contributed by atoms with E-state index in [9.17, 15) is 14.4 Å². The third-order valence-corrected chi connectivity index (χ3v) is 5.95. The van der Waals surface area contributed by atoms with E-state index < -0.39 is 0 Å². The summed E-state index contributed by atoms with van der Waals surface area (Å²) in [5.41, 5.74) is 3.63. The van der Waals surface area contributed by atoms with Gasteiger partial charge in [-0.15, -0.1) is 11.8 Å². The molecule has 2 aromatic carbocycles. The Hall–Kier alpha value is -2.80. The molecule has 1 N–H and O–H groups in total. The van der Waals surface area contributed by atoms with Gasteiger partial charge in [0.1, 0.15) is 0 Å². The molecule has 1 fully saturated rings. The molecule has 0 aliphatic carbocycles. The van der Waals surface area contributed by atoms with Crippen LogP contribution in [0.2, 0.25) is 0 Å². The molecule has 0 aromatic heterocycles. The second kappa shape index (κ2) is 10.3. The van der Waals surface area contributed by atoms with Crippen molar-refractivity contribution in [3.8, 4) is 0 Å². The molecule has 1 aliphatic heterocycles. The van der Waals surface area contributed by atoms with E-state index in [1.807, 2.05) is 60.4 Å². The molecule has 1 saturated heterocycles. The summed E-state index contributed by atoms with van der Waals surface area (Å²) in [4.78, 5) is 40.0. The zero-order valence-electron chi connectivity index (χ0n) is 17.4. The molecule has 30 heavy (non-hydrogen) atoms. The molecule has 0 saturated carbocycles. The molecule has 0 bridgehead atoms. The number of carbonyl (C=O) groups excluding carboxylic acids is 3. The van der Waals surface area contributed by atoms with Crippen LogP contribution in [0.3, 0.4) is 0 Å². The molecule has 6 nitrogen and oxygen atoms in total. The Morgan fingerprint density at radius 3 is 2.30 bits per heavy atom. The number of rotatable bonds is 7. The van der Waals surface area contributed by atoms with Crippen molar-refractivity contribution in [2.24, 2.45) is 0 Å². The zero-order chi connectivity index (χ0) is 21.5. The minimum Gasteiger partial charge on any atom is -0.368 e. The normalized spacial score (nSPS) is 13.8. The van der Waals surface area contributed by atoms with Crippen LogP contribution in [0.15, 0.2) is 48.5 Å². The third kappa shape index (κ3) is 6.10. The minimum atomic E-state index is -0.0998. The van der Waals surface area contributed by atoms with Crippen LogP contribution >= 0.6 is 11.8 Å². The number of anilines is 2. The number of aryl methyl sites for hydroxylation is 1. The predicted molar refractivity (Wildman–Crippen MR) is 122 cm³/mol. The second-order valence-electron chi connectivity index (χ2n) is 7.38. The molecule has 3 rings (SSSR count). The average Bonchev–Trinajstić information content (AvgIpc) is 2.74. The van der Waals surface area contributed by atoms with Crippen molar-refractivity contribution in [1.29, 1.82) is 0 Å². The van der Waals surface area contributed by atoms with E-state index in [0.29, 0.717) is 24.4 Å². The Balaban J connectivity index is 1.38. The number of ketones is 1. The monoisotopic (exact) mass is 425 g/mol. The fraction of sp³-hybridized carbons (Fsp3) is 0.348. The zero-order valence-corrected chi connectivity index (χ0v) is 18.2. The van der Waals surface area contributed by atoms with Gasteiger partial charge in [-0.1, -0.05) is 12.1 Å². The molecule has 0 atom stereocenters. The smallest absolute Gasteiger partial charge is 0.234 e. The minimum absolute atomic E-state index is 0.0574. The van der Waals surface area contributed by atoms with Gasteiger partial charge in [-0.25, -0.2) is 0 Å². The van der Waals surface area contributed by atoms with Gasteiger partial charge in [-0.3, -0.25) is 14.4 Å². The third-order valence-electron chi connectivity index (χ3n) is 5.03. The van der Waals surface area contributed by atoms with Gasteiger partial charge in [-0.2, -0.15) is 0 Å². The van der Waals surface area contributed by atoms with Crippen molar-refractivity contribution in [2.45, 2.75) is 13.8 Å². The molecule has 0 unspecified atom stereocenters. The lowest BCUT2D eigenvalue weighted by Gasteiger charge is -2.36. The average molecular weight is 426 g/mol. The van der Waals surface area contributed by atoms with Gasteiger partial charge >= 0.3 is 0 Å². The fourth-order valence-electron chi connectivity index (χ4n) is 3.36. The van der Waals surface area contributed by atoms with Crippen LogP contribution < -0.4 is 10.2 Å². The fourth-order valence-corrected chi connectivity index (χ4v) is 4.08. The number of piperazine rings is 1. The van der Waals surface area contributed by atoms with Crippen molar-refractivity contribution in [3.63, 3.8) is 0 Å². The first kappa shape index (κ1) is 21.9. The number of Topliss-reactive ketones (excluding diaryl/α,β-unsaturated/α-hetero) is 1. The number of carbonyl (C=O) groups is 3. The number of benzene rings is 2. The van der Waals surface area contributed by atoms with Crippen molar-refractivity contribution in [3.05, 3.63) is 59.7 Å². The topological polar surface area (TPSA) is 69.7 Å². The first-order valence-electron chi connectivity index (χ1n) is 10.0. The van der Waals surface area contributed by atoms with Crippen LogP contribution in [-0.4, -0.2) is 60.2 Å². The second-order valence-corrected chi connectivity index (χ2v) is 8.37. The Labute approximate surface area is 181 Å². The largest absolute Gasteiger partial charge is 0.368 e. The number of amides is 2. The maximum Gasteiger partial charge on any atom is 0.234 e. The predicted octanol–water partition coefficient (Wildman–Crippen LogP) is 3.22. The molecule has 7 heteroatoms. The van der Waals surface area contributed by atoms with Crippen LogP contribution in [0, 0.1) is 6.92 Å². The van der Waals surface area contributed by atoms with E-state index in [4.69, 9.17) is 0 Å². The van der Waals surface area contributed by atoms with Gasteiger partial charge in [0.2, 0.25) is 11.8 Å². The summed E-state index contributed by atoms with van der Waals surface area (Å²) in [6.45, 7) is 6.35. The summed E-state index contributed by atoms with van der Waals surface area (Å²) in [6, 6.07) is 15.2. The summed E-state index contributed by atoms with van der Waals surface area (Å²) < 4.78 is 0. The Kier molecular flexibility index (Phi) is 7.52. The highest BCUT2D eigenvalue weighted by atomic mass is 32.2. The quantitative estimate of drug-likeness (QED) is 0.690. The number of nitrogens with one attached hydrogen (secondary N) is 1. The lowest BCUT2D eigenvalue weighted by atomic mass is 10.1. The van der Waals surface area contributed by atoms with E-state index in [1.54, 1.807) is 6.92 Å². The summed E-state index contributed by atoms with van der Waals surface area (Å²) in [7, 11) is 0. The lowest BCUT2D eigenvalue weighted by Crippen LogP contribution is -2.49. The van der Waals surface area contributed by atoms with E-state index in [-0.39, 0.29) is 23.4 Å². The van der Waals surface area contributed by atoms with Crippen LogP contribution in [0.4, 0.5) is 11.4 Å². The highest BCUT2D eigenvalue weighted by Crippen LogP contribution is 2.18. The Morgan fingerprint density at radius 1 is 0.967 bits per heavy atom. The van der Waals surface area contributed by atoms with Crippen molar-refractivity contribution in [2.75, 3.05) is 47.9 Å². The molecular formula is C23H27N3O3S. The molecule has 1 aliphatic rings. The maximum absolute atomic E-state index is 12.5. The number of hydrogen-bond donors (Lipinski definition) is 1. The molecule has 1 heterocycles. The van der Waals surface area contributed by atoms with Gasteiger partial charge < -0.3 is 15.1 Å². The standard InChI is InChI=1S/C23H27N3O3S/c1-17-4-3-5-20(14-17)24-22(28)15-30-16-23(29)26-12-10-25(11-13-26)21-8-6-19(7-9-21)18(2)27/h3-9,14H,10-13,15-16H2,1-2H3,(H,24,28). The van der Waals surface area contributed by atoms with Crippen molar-refractivity contribution < 1.29 is 14.4 Å². The van der Waals surface area contributed by atoms with Gasteiger partial charge in [-0.05, 0) is 55.8 Å². The molecule has 0 radical (unpaired) electrons. The van der Waals surface area contributed by atoms with Crippen LogP contribution in [-0.2, 0) is 9.59 Å². The first-order valence-corrected chi connectivity index (χ1v) is 11.2. The number of nitrogens with zero attached hydrogens (tertiary/aromatic N) is 2. The van der Waals surface area contributed by atoms with E-state index in [1.165, 1.54) is 11.8 Å². The van der Waals surface area contributed by atoms with Gasteiger partial charge in [0.15, 0.2) is 5.78 Å². The molecule has 158 valence electrons. The van der Waals surface area contributed by atoms with E-state index in [2.05, 4.69) is 10.2 Å². The summed E-state index contributed by atoms with van der Waals surface area (Å²) >= 11 is 1.34. The molecule has 2 amide bonds. The Bertz CT molecular complexity index is 906. The Morgan fingerprint density at radius 2 is 1.67 bits per heavy atom. The summed E-state index contributed by atoms with van der Waals surface area (Å²) in [5.74, 6) is 0.575. The van der Waals surface area contributed by atoms with E-state index >= 15 is 0 Å². The number of hydrogen-bond acceptors (Lipinski definition) is 5. The molecule has 2 aromatic rings. The SMILES string of the molecule is CC(=O)c1ccc(N2CCN(C(=O)CSCC(=O)Nc3cccc(C)c3)CC2)cc1. The highest BCUT2D eigenvalue weighted by molar-refractivity contribution is 8.00. The summed E-state index contributed by atoms with van der Waals surface area (Å²) in [5, 5.41) is 2.86. The van der Waals surface area contributed by atoms with Gasteiger partial charge in [0.05, 0.1) is 11.5 Å². The van der Waals surface area contributed by atoms with Crippen LogP contribution in [0.25, 0.3) is 0 Å². The van der Waals surface area contributed by atoms with Gasteiger partial charge in [0, 0.05) is 43.1 Å². The van der Waals surface area contributed by atoms with Crippen molar-refractivity contribution >= 4 is 40.7 Å². The van der Waals surface area contributed by atoms with Crippen LogP contribution in [0.5, 0.6) is 0 Å². The summed E-state index contributed by atoms with van der Waals surface area (Å²) in [6.07, 6.45) is 0. The van der Waals surface area contributed by atoms with Crippen LogP contribution in [0.1, 0.15) is 22.8 Å². The lowest BCUT2D eigenvalue weighted by molar-refractivity contribution is -0.128. The van der Waals surface area contributed by atoms with E-state index in [0.717, 1.165) is 30.0 Å². The molecular weight excluding hydrogens is 398 g/mol. The number of thioether (sulfide) groups is 1. The molecule has 0 spiro atoms.